The van der Waals surface area contributed by atoms with Crippen LogP contribution < -0.4 is 9.47 Å². The summed E-state index contributed by atoms with van der Waals surface area (Å²) in [5, 5.41) is -0.0363. The Balaban J connectivity index is 2.21. The van der Waals surface area contributed by atoms with E-state index in [-0.39, 0.29) is 10.8 Å². The molecule has 0 saturated carbocycles. The molecule has 2 rings (SSSR count). The Bertz CT molecular complexity index is 496. The van der Waals surface area contributed by atoms with Crippen molar-refractivity contribution in [1.29, 1.82) is 0 Å². The molecule has 0 fully saturated rings. The third kappa shape index (κ3) is 4.29. The van der Waals surface area contributed by atoms with E-state index in [2.05, 4.69) is 43.6 Å². The molecule has 1 aliphatic heterocycles. The minimum absolute atomic E-state index is 0.0363. The average molecular weight is 376 g/mol. The number of hydrogen-bond donors (Lipinski definition) is 0. The van der Waals surface area contributed by atoms with Gasteiger partial charge in [-0.3, -0.25) is 0 Å². The van der Waals surface area contributed by atoms with Gasteiger partial charge in [-0.2, -0.15) is 0 Å². The van der Waals surface area contributed by atoms with Gasteiger partial charge in [0.25, 0.3) is 0 Å². The van der Waals surface area contributed by atoms with Crippen LogP contribution in [-0.4, -0.2) is 13.2 Å². The molecule has 0 N–H and O–H groups in total. The summed E-state index contributed by atoms with van der Waals surface area (Å²) >= 11 is 10.3. The van der Waals surface area contributed by atoms with E-state index in [9.17, 15) is 0 Å². The molecule has 1 aromatic rings. The Morgan fingerprint density at radius 3 is 2.33 bits per heavy atom. The maximum Gasteiger partial charge on any atom is 0.162 e. The summed E-state index contributed by atoms with van der Waals surface area (Å²) in [5.74, 6) is 2.14. The van der Waals surface area contributed by atoms with Crippen LogP contribution in [0.2, 0.25) is 0 Å². The van der Waals surface area contributed by atoms with Gasteiger partial charge >= 0.3 is 0 Å². The first-order chi connectivity index (χ1) is 9.79. The minimum Gasteiger partial charge on any atom is -0.490 e. The SMILES string of the molecule is CC(CC(Cl)c1cc2c(cc1Br)OCCCO2)C(C)(C)C. The second kappa shape index (κ2) is 6.78. The van der Waals surface area contributed by atoms with Crippen molar-refractivity contribution in [2.75, 3.05) is 13.2 Å². The molecule has 0 spiro atoms. The molecule has 0 radical (unpaired) electrons. The van der Waals surface area contributed by atoms with Gasteiger partial charge in [0, 0.05) is 10.9 Å². The lowest BCUT2D eigenvalue weighted by molar-refractivity contribution is 0.245. The van der Waals surface area contributed by atoms with Crippen LogP contribution in [0.4, 0.5) is 0 Å². The molecule has 0 aromatic heterocycles. The van der Waals surface area contributed by atoms with Gasteiger partial charge in [-0.05, 0) is 35.4 Å². The highest BCUT2D eigenvalue weighted by Crippen LogP contribution is 2.43. The first-order valence-corrected chi connectivity index (χ1v) is 8.75. The lowest BCUT2D eigenvalue weighted by atomic mass is 9.79. The summed E-state index contributed by atoms with van der Waals surface area (Å²) in [6, 6.07) is 4.00. The van der Waals surface area contributed by atoms with Crippen molar-refractivity contribution in [3.05, 3.63) is 22.2 Å². The highest BCUT2D eigenvalue weighted by Gasteiger charge is 2.25. The Morgan fingerprint density at radius 1 is 1.19 bits per heavy atom. The van der Waals surface area contributed by atoms with Gasteiger partial charge in [0.15, 0.2) is 11.5 Å². The largest absolute Gasteiger partial charge is 0.490 e. The zero-order valence-electron chi connectivity index (χ0n) is 13.2. The van der Waals surface area contributed by atoms with E-state index in [4.69, 9.17) is 21.1 Å². The first kappa shape index (κ1) is 17.0. The number of hydrogen-bond acceptors (Lipinski definition) is 2. The van der Waals surface area contributed by atoms with Crippen LogP contribution in [0.3, 0.4) is 0 Å². The van der Waals surface area contributed by atoms with Gasteiger partial charge in [0.2, 0.25) is 0 Å². The second-order valence-electron chi connectivity index (χ2n) is 6.84. The zero-order valence-corrected chi connectivity index (χ0v) is 15.6. The number of benzene rings is 1. The molecule has 0 aliphatic carbocycles. The first-order valence-electron chi connectivity index (χ1n) is 7.52. The maximum atomic E-state index is 6.67. The molecule has 1 heterocycles. The normalized spacial score (nSPS) is 18.0. The van der Waals surface area contributed by atoms with Crippen LogP contribution in [-0.2, 0) is 0 Å². The fourth-order valence-electron chi connectivity index (χ4n) is 2.23. The van der Waals surface area contributed by atoms with Crippen LogP contribution in [0, 0.1) is 11.3 Å². The Hall–Kier alpha value is -0.410. The van der Waals surface area contributed by atoms with E-state index < -0.39 is 0 Å². The van der Waals surface area contributed by atoms with Crippen molar-refractivity contribution >= 4 is 27.5 Å². The molecule has 2 unspecified atom stereocenters. The summed E-state index contributed by atoms with van der Waals surface area (Å²) < 4.78 is 12.5. The van der Waals surface area contributed by atoms with Gasteiger partial charge in [-0.1, -0.05) is 43.6 Å². The average Bonchev–Trinajstić information content (AvgIpc) is 2.61. The van der Waals surface area contributed by atoms with Gasteiger partial charge in [0.05, 0.1) is 18.6 Å². The van der Waals surface area contributed by atoms with E-state index in [1.54, 1.807) is 0 Å². The summed E-state index contributed by atoms with van der Waals surface area (Å²) in [4.78, 5) is 0. The van der Waals surface area contributed by atoms with Crippen molar-refractivity contribution in [2.24, 2.45) is 11.3 Å². The molecule has 118 valence electrons. The number of halogens is 2. The Kier molecular flexibility index (Phi) is 5.48. The molecule has 4 heteroatoms. The predicted octanol–water partition coefficient (Wildman–Crippen LogP) is 5.96. The standard InChI is InChI=1S/C17H24BrClO2/c1-11(17(2,3)4)8-14(19)12-9-15-16(10-13(12)18)21-7-5-6-20-15/h9-11,14H,5-8H2,1-4H3. The Labute approximate surface area is 141 Å². The van der Waals surface area contributed by atoms with Gasteiger partial charge in [-0.25, -0.2) is 0 Å². The second-order valence-corrected chi connectivity index (χ2v) is 8.22. The van der Waals surface area contributed by atoms with E-state index in [0.717, 1.165) is 34.4 Å². The van der Waals surface area contributed by atoms with Crippen molar-refractivity contribution in [2.45, 2.75) is 45.9 Å². The van der Waals surface area contributed by atoms with Crippen molar-refractivity contribution in [3.8, 4) is 11.5 Å². The monoisotopic (exact) mass is 374 g/mol. The molecule has 0 saturated heterocycles. The number of ether oxygens (including phenoxy) is 2. The number of fused-ring (bicyclic) bond motifs is 1. The molecule has 0 bridgehead atoms. The predicted molar refractivity (Wildman–Crippen MR) is 91.6 cm³/mol. The highest BCUT2D eigenvalue weighted by atomic mass is 79.9. The zero-order chi connectivity index (χ0) is 15.6. The van der Waals surface area contributed by atoms with E-state index >= 15 is 0 Å². The van der Waals surface area contributed by atoms with Crippen molar-refractivity contribution in [3.63, 3.8) is 0 Å². The third-order valence-electron chi connectivity index (χ3n) is 4.24. The molecule has 1 aliphatic rings. The Morgan fingerprint density at radius 2 is 1.76 bits per heavy atom. The quantitative estimate of drug-likeness (QED) is 0.607. The lowest BCUT2D eigenvalue weighted by Gasteiger charge is -2.29. The van der Waals surface area contributed by atoms with E-state index in [1.807, 2.05) is 12.1 Å². The minimum atomic E-state index is -0.0363. The fourth-order valence-corrected chi connectivity index (χ4v) is 3.41. The number of alkyl halides is 1. The smallest absolute Gasteiger partial charge is 0.162 e. The fraction of sp³-hybridized carbons (Fsp3) is 0.647. The van der Waals surface area contributed by atoms with Crippen LogP contribution in [0.5, 0.6) is 11.5 Å². The van der Waals surface area contributed by atoms with E-state index in [0.29, 0.717) is 19.1 Å². The van der Waals surface area contributed by atoms with Crippen LogP contribution in [0.15, 0.2) is 16.6 Å². The summed E-state index contributed by atoms with van der Waals surface area (Å²) in [6.45, 7) is 10.4. The van der Waals surface area contributed by atoms with Crippen molar-refractivity contribution in [1.82, 2.24) is 0 Å². The van der Waals surface area contributed by atoms with Gasteiger partial charge in [-0.15, -0.1) is 11.6 Å². The van der Waals surface area contributed by atoms with Crippen LogP contribution in [0.25, 0.3) is 0 Å². The van der Waals surface area contributed by atoms with Crippen LogP contribution >= 0.6 is 27.5 Å². The molecule has 2 nitrogen and oxygen atoms in total. The number of rotatable bonds is 3. The molecule has 1 aromatic carbocycles. The van der Waals surface area contributed by atoms with E-state index in [1.165, 1.54) is 0 Å². The van der Waals surface area contributed by atoms with Gasteiger partial charge in [0.1, 0.15) is 0 Å². The summed E-state index contributed by atoms with van der Waals surface area (Å²) in [6.07, 6.45) is 1.84. The molecular weight excluding hydrogens is 352 g/mol. The molecule has 21 heavy (non-hydrogen) atoms. The van der Waals surface area contributed by atoms with Gasteiger partial charge < -0.3 is 9.47 Å². The topological polar surface area (TPSA) is 18.5 Å². The van der Waals surface area contributed by atoms with Crippen molar-refractivity contribution < 1.29 is 9.47 Å². The maximum absolute atomic E-state index is 6.67. The third-order valence-corrected chi connectivity index (χ3v) is 5.34. The molecular formula is C17H24BrClO2. The molecule has 2 atom stereocenters. The van der Waals surface area contributed by atoms with Crippen LogP contribution in [0.1, 0.15) is 51.5 Å². The lowest BCUT2D eigenvalue weighted by Crippen LogP contribution is -2.18. The summed E-state index contributed by atoms with van der Waals surface area (Å²) in [5.41, 5.74) is 1.34. The highest BCUT2D eigenvalue weighted by molar-refractivity contribution is 9.10. The molecule has 0 amide bonds. The summed E-state index contributed by atoms with van der Waals surface area (Å²) in [7, 11) is 0.